The number of aldehydes is 2. The maximum Gasteiger partial charge on any atom is 0.145 e. The van der Waals surface area contributed by atoms with Gasteiger partial charge >= 0.3 is 0 Å². The lowest BCUT2D eigenvalue weighted by Gasteiger charge is -2.04. The molecule has 1 unspecified atom stereocenters. The molecular weight excluding hydrogens is 128 g/mol. The highest BCUT2D eigenvalue weighted by molar-refractivity contribution is 5.74. The van der Waals surface area contributed by atoms with Crippen molar-refractivity contribution in [3.05, 3.63) is 11.6 Å². The first-order valence-electron chi connectivity index (χ1n) is 3.31. The largest absolute Gasteiger partial charge is 0.303 e. The topological polar surface area (TPSA) is 34.1 Å². The Morgan fingerprint density at radius 1 is 1.50 bits per heavy atom. The van der Waals surface area contributed by atoms with Gasteiger partial charge in [0.25, 0.3) is 0 Å². The van der Waals surface area contributed by atoms with Crippen LogP contribution in [0.1, 0.15) is 20.3 Å². The predicted octanol–water partition coefficient (Wildman–Crippen LogP) is 1.36. The first-order valence-corrected chi connectivity index (χ1v) is 3.31. The van der Waals surface area contributed by atoms with E-state index in [2.05, 4.69) is 0 Å². The monoisotopic (exact) mass is 140 g/mol. The molecule has 0 saturated carbocycles. The summed E-state index contributed by atoms with van der Waals surface area (Å²) in [4.78, 5) is 20.3. The Kier molecular flexibility index (Phi) is 4.46. The van der Waals surface area contributed by atoms with E-state index in [1.807, 2.05) is 6.92 Å². The van der Waals surface area contributed by atoms with Gasteiger partial charge in [-0.15, -0.1) is 0 Å². The molecule has 0 fully saturated rings. The molecule has 0 radical (unpaired) electrons. The van der Waals surface area contributed by atoms with Gasteiger partial charge in [-0.05, 0) is 18.4 Å². The summed E-state index contributed by atoms with van der Waals surface area (Å²) >= 11 is 0. The molecule has 0 rings (SSSR count). The lowest BCUT2D eigenvalue weighted by Crippen LogP contribution is -2.00. The van der Waals surface area contributed by atoms with Crippen molar-refractivity contribution in [1.82, 2.24) is 0 Å². The molecule has 0 saturated heterocycles. The third kappa shape index (κ3) is 2.58. The Morgan fingerprint density at radius 3 is 2.40 bits per heavy atom. The van der Waals surface area contributed by atoms with Gasteiger partial charge in [-0.1, -0.05) is 13.0 Å². The third-order valence-electron chi connectivity index (χ3n) is 1.49. The normalized spacial score (nSPS) is 14.4. The van der Waals surface area contributed by atoms with Crippen LogP contribution in [0.4, 0.5) is 0 Å². The molecule has 0 aromatic heterocycles. The maximum absolute atomic E-state index is 10.3. The van der Waals surface area contributed by atoms with Gasteiger partial charge in [-0.2, -0.15) is 0 Å². The van der Waals surface area contributed by atoms with Crippen LogP contribution in [0.25, 0.3) is 0 Å². The van der Waals surface area contributed by atoms with Crippen molar-refractivity contribution in [1.29, 1.82) is 0 Å². The van der Waals surface area contributed by atoms with Crippen LogP contribution in [-0.4, -0.2) is 12.6 Å². The maximum atomic E-state index is 10.3. The highest BCUT2D eigenvalue weighted by atomic mass is 16.1. The minimum Gasteiger partial charge on any atom is -0.303 e. The Hall–Kier alpha value is -0.920. The third-order valence-corrected chi connectivity index (χ3v) is 1.49. The minimum absolute atomic E-state index is 0.0694. The van der Waals surface area contributed by atoms with E-state index in [0.717, 1.165) is 12.6 Å². The second-order valence-corrected chi connectivity index (χ2v) is 2.21. The van der Waals surface area contributed by atoms with Crippen LogP contribution in [0.15, 0.2) is 11.6 Å². The van der Waals surface area contributed by atoms with Crippen molar-refractivity contribution < 1.29 is 9.59 Å². The van der Waals surface area contributed by atoms with Gasteiger partial charge < -0.3 is 4.79 Å². The zero-order chi connectivity index (χ0) is 7.98. The van der Waals surface area contributed by atoms with E-state index in [4.69, 9.17) is 0 Å². The summed E-state index contributed by atoms with van der Waals surface area (Å²) in [5.74, 6) is 0.0694. The van der Waals surface area contributed by atoms with Crippen molar-refractivity contribution in [3.63, 3.8) is 0 Å². The van der Waals surface area contributed by atoms with E-state index in [1.54, 1.807) is 13.0 Å². The molecule has 0 aliphatic heterocycles. The van der Waals surface area contributed by atoms with Crippen LogP contribution in [0.3, 0.4) is 0 Å². The molecule has 0 aliphatic carbocycles. The summed E-state index contributed by atoms with van der Waals surface area (Å²) in [6.45, 7) is 3.66. The molecule has 0 spiro atoms. The average molecular weight is 140 g/mol. The van der Waals surface area contributed by atoms with E-state index in [9.17, 15) is 9.59 Å². The van der Waals surface area contributed by atoms with Crippen molar-refractivity contribution >= 4 is 12.6 Å². The summed E-state index contributed by atoms with van der Waals surface area (Å²) in [6, 6.07) is 0. The molecule has 1 atom stereocenters. The summed E-state index contributed by atoms with van der Waals surface area (Å²) < 4.78 is 0. The molecule has 2 heteroatoms. The van der Waals surface area contributed by atoms with Crippen LogP contribution in [0, 0.1) is 5.92 Å². The van der Waals surface area contributed by atoms with Crippen molar-refractivity contribution in [3.8, 4) is 0 Å². The lowest BCUT2D eigenvalue weighted by molar-refractivity contribution is -0.108. The highest BCUT2D eigenvalue weighted by Gasteiger charge is 2.04. The van der Waals surface area contributed by atoms with Gasteiger partial charge in [-0.3, -0.25) is 4.79 Å². The molecule has 0 aromatic rings. The van der Waals surface area contributed by atoms with Crippen molar-refractivity contribution in [2.75, 3.05) is 0 Å². The first-order chi connectivity index (χ1) is 4.76. The molecule has 0 heterocycles. The minimum atomic E-state index is 0.0694. The summed E-state index contributed by atoms with van der Waals surface area (Å²) in [7, 11) is 0. The Bertz CT molecular complexity index is 147. The molecular formula is C8H12O2. The quantitative estimate of drug-likeness (QED) is 0.436. The summed E-state index contributed by atoms with van der Waals surface area (Å²) in [5.41, 5.74) is 0.701. The highest BCUT2D eigenvalue weighted by Crippen LogP contribution is 2.09. The van der Waals surface area contributed by atoms with Crippen LogP contribution in [0.5, 0.6) is 0 Å². The van der Waals surface area contributed by atoms with Gasteiger partial charge in [0.15, 0.2) is 0 Å². The number of hydrogen-bond donors (Lipinski definition) is 0. The zero-order valence-corrected chi connectivity index (χ0v) is 6.33. The van der Waals surface area contributed by atoms with E-state index in [0.29, 0.717) is 12.0 Å². The Balaban J connectivity index is 4.01. The molecule has 0 N–H and O–H groups in total. The average Bonchev–Trinajstić information content (AvgIpc) is 1.91. The predicted molar refractivity (Wildman–Crippen MR) is 39.7 cm³/mol. The smallest absolute Gasteiger partial charge is 0.145 e. The second kappa shape index (κ2) is 4.91. The molecule has 56 valence electrons. The number of allylic oxidation sites excluding steroid dienone is 2. The fourth-order valence-electron chi connectivity index (χ4n) is 0.749. The van der Waals surface area contributed by atoms with Crippen LogP contribution in [0.2, 0.25) is 0 Å². The fourth-order valence-corrected chi connectivity index (χ4v) is 0.749. The van der Waals surface area contributed by atoms with Gasteiger partial charge in [-0.25, -0.2) is 0 Å². The van der Waals surface area contributed by atoms with E-state index in [-0.39, 0.29) is 5.92 Å². The number of rotatable bonds is 4. The van der Waals surface area contributed by atoms with Crippen molar-refractivity contribution in [2.45, 2.75) is 20.3 Å². The van der Waals surface area contributed by atoms with Gasteiger partial charge in [0, 0.05) is 6.42 Å². The standard InChI is InChI=1S/C8H12O2/c1-3-8(6-10)7(2)4-5-9/h3,5-7H,4H2,1-2H3/b8-3+. The van der Waals surface area contributed by atoms with Crippen LogP contribution >= 0.6 is 0 Å². The Labute approximate surface area is 60.9 Å². The van der Waals surface area contributed by atoms with E-state index in [1.165, 1.54) is 0 Å². The molecule has 0 amide bonds. The molecule has 0 aromatic carbocycles. The fraction of sp³-hybridized carbons (Fsp3) is 0.500. The van der Waals surface area contributed by atoms with Gasteiger partial charge in [0.1, 0.15) is 12.6 Å². The number of hydrogen-bond acceptors (Lipinski definition) is 2. The summed E-state index contributed by atoms with van der Waals surface area (Å²) in [5, 5.41) is 0. The lowest BCUT2D eigenvalue weighted by atomic mass is 10.00. The first kappa shape index (κ1) is 9.08. The Morgan fingerprint density at radius 2 is 2.10 bits per heavy atom. The molecule has 10 heavy (non-hydrogen) atoms. The van der Waals surface area contributed by atoms with E-state index >= 15 is 0 Å². The van der Waals surface area contributed by atoms with Crippen LogP contribution < -0.4 is 0 Å². The van der Waals surface area contributed by atoms with Gasteiger partial charge in [0.2, 0.25) is 0 Å². The molecule has 2 nitrogen and oxygen atoms in total. The zero-order valence-electron chi connectivity index (χ0n) is 6.33. The second-order valence-electron chi connectivity index (χ2n) is 2.21. The number of carbonyl (C=O) groups excluding carboxylic acids is 2. The molecule has 0 aliphatic rings. The summed E-state index contributed by atoms with van der Waals surface area (Å²) in [6.07, 6.45) is 3.80. The molecule has 0 bridgehead atoms. The van der Waals surface area contributed by atoms with E-state index < -0.39 is 0 Å². The van der Waals surface area contributed by atoms with Crippen molar-refractivity contribution in [2.24, 2.45) is 5.92 Å². The van der Waals surface area contributed by atoms with Gasteiger partial charge in [0.05, 0.1) is 0 Å². The SMILES string of the molecule is C/C=C(\C=O)C(C)CC=O. The number of carbonyl (C=O) groups is 2. The van der Waals surface area contributed by atoms with Crippen LogP contribution in [-0.2, 0) is 9.59 Å².